The second-order valence-corrected chi connectivity index (χ2v) is 5.34. The van der Waals surface area contributed by atoms with Gasteiger partial charge in [0, 0.05) is 11.7 Å². The summed E-state index contributed by atoms with van der Waals surface area (Å²) in [6.07, 6.45) is 5.41. The van der Waals surface area contributed by atoms with Gasteiger partial charge in [-0.1, -0.05) is 12.8 Å². The van der Waals surface area contributed by atoms with Gasteiger partial charge >= 0.3 is 0 Å². The van der Waals surface area contributed by atoms with E-state index in [-0.39, 0.29) is 0 Å². The summed E-state index contributed by atoms with van der Waals surface area (Å²) in [4.78, 5) is 7.83. The predicted octanol–water partition coefficient (Wildman–Crippen LogP) is 3.14. The Kier molecular flexibility index (Phi) is 2.86. The molecule has 18 heavy (non-hydrogen) atoms. The summed E-state index contributed by atoms with van der Waals surface area (Å²) in [7, 11) is 0. The zero-order valence-electron chi connectivity index (χ0n) is 10.7. The summed E-state index contributed by atoms with van der Waals surface area (Å²) in [5.41, 5.74) is 8.49. The third kappa shape index (κ3) is 2.15. The lowest BCUT2D eigenvalue weighted by Crippen LogP contribution is -2.24. The minimum Gasteiger partial charge on any atom is -0.399 e. The molecule has 0 saturated heterocycles. The average Bonchev–Trinajstić information content (AvgIpc) is 2.95. The first-order valence-electron chi connectivity index (χ1n) is 6.74. The normalized spacial score (nSPS) is 18.3. The highest BCUT2D eigenvalue weighted by Crippen LogP contribution is 2.29. The van der Waals surface area contributed by atoms with Crippen LogP contribution in [-0.4, -0.2) is 16.0 Å². The first-order chi connectivity index (χ1) is 8.72. The molecule has 4 nitrogen and oxygen atoms in total. The lowest BCUT2D eigenvalue weighted by atomic mass is 10.0. The molecule has 4 N–H and O–H groups in total. The summed E-state index contributed by atoms with van der Waals surface area (Å²) >= 11 is 0. The fourth-order valence-corrected chi connectivity index (χ4v) is 2.89. The molecule has 1 fully saturated rings. The Bertz CT molecular complexity index is 540. The molecule has 1 heterocycles. The molecule has 0 amide bonds. The standard InChI is InChI=1S/C14H20N4/c1-9(10-4-2-3-5-10)16-14-17-12-7-6-11(15)8-13(12)18-14/h6-10H,2-5,15H2,1H3,(H2,16,17,18). The van der Waals surface area contributed by atoms with Crippen LogP contribution in [-0.2, 0) is 0 Å². The van der Waals surface area contributed by atoms with E-state index < -0.39 is 0 Å². The summed E-state index contributed by atoms with van der Waals surface area (Å²) in [6.45, 7) is 2.25. The van der Waals surface area contributed by atoms with Gasteiger partial charge < -0.3 is 16.0 Å². The number of anilines is 2. The van der Waals surface area contributed by atoms with Crippen molar-refractivity contribution in [2.24, 2.45) is 5.92 Å². The van der Waals surface area contributed by atoms with Crippen LogP contribution < -0.4 is 11.1 Å². The predicted molar refractivity (Wildman–Crippen MR) is 75.5 cm³/mol. The number of aromatic amines is 1. The van der Waals surface area contributed by atoms with E-state index in [1.165, 1.54) is 25.7 Å². The van der Waals surface area contributed by atoms with Gasteiger partial charge in [-0.2, -0.15) is 0 Å². The van der Waals surface area contributed by atoms with E-state index in [1.807, 2.05) is 18.2 Å². The molecule has 1 unspecified atom stereocenters. The number of hydrogen-bond acceptors (Lipinski definition) is 3. The van der Waals surface area contributed by atoms with Gasteiger partial charge in [0.1, 0.15) is 0 Å². The third-order valence-corrected chi connectivity index (χ3v) is 3.98. The second kappa shape index (κ2) is 4.52. The maximum Gasteiger partial charge on any atom is 0.201 e. The number of nitrogen functional groups attached to an aromatic ring is 1. The molecule has 3 rings (SSSR count). The fraction of sp³-hybridized carbons (Fsp3) is 0.500. The number of H-pyrrole nitrogens is 1. The van der Waals surface area contributed by atoms with Crippen LogP contribution in [0.4, 0.5) is 11.6 Å². The monoisotopic (exact) mass is 244 g/mol. The molecule has 0 bridgehead atoms. The molecular formula is C14H20N4. The minimum absolute atomic E-state index is 0.477. The molecule has 1 atom stereocenters. The topological polar surface area (TPSA) is 66.7 Å². The van der Waals surface area contributed by atoms with Gasteiger partial charge in [0.15, 0.2) is 0 Å². The van der Waals surface area contributed by atoms with Gasteiger partial charge in [0.2, 0.25) is 5.95 Å². The number of nitrogens with two attached hydrogens (primary N) is 1. The smallest absolute Gasteiger partial charge is 0.201 e. The van der Waals surface area contributed by atoms with E-state index in [0.717, 1.165) is 28.6 Å². The highest BCUT2D eigenvalue weighted by atomic mass is 15.1. The van der Waals surface area contributed by atoms with Crippen LogP contribution >= 0.6 is 0 Å². The molecule has 0 spiro atoms. The van der Waals surface area contributed by atoms with Crippen LogP contribution in [0.2, 0.25) is 0 Å². The summed E-state index contributed by atoms with van der Waals surface area (Å²) in [5, 5.41) is 3.49. The molecule has 1 aliphatic rings. The van der Waals surface area contributed by atoms with E-state index in [2.05, 4.69) is 22.2 Å². The van der Waals surface area contributed by atoms with Crippen LogP contribution in [0.3, 0.4) is 0 Å². The molecule has 96 valence electrons. The number of benzene rings is 1. The van der Waals surface area contributed by atoms with Crippen molar-refractivity contribution in [2.45, 2.75) is 38.6 Å². The molecule has 0 radical (unpaired) electrons. The van der Waals surface area contributed by atoms with E-state index in [0.29, 0.717) is 6.04 Å². The van der Waals surface area contributed by atoms with E-state index in [9.17, 15) is 0 Å². The first kappa shape index (κ1) is 11.4. The van der Waals surface area contributed by atoms with Crippen molar-refractivity contribution >= 4 is 22.7 Å². The number of hydrogen-bond donors (Lipinski definition) is 3. The summed E-state index contributed by atoms with van der Waals surface area (Å²) < 4.78 is 0. The van der Waals surface area contributed by atoms with Gasteiger partial charge in [-0.05, 0) is 43.9 Å². The Morgan fingerprint density at radius 1 is 1.39 bits per heavy atom. The van der Waals surface area contributed by atoms with Crippen molar-refractivity contribution in [1.82, 2.24) is 9.97 Å². The van der Waals surface area contributed by atoms with Gasteiger partial charge in [-0.3, -0.25) is 0 Å². The van der Waals surface area contributed by atoms with Crippen molar-refractivity contribution in [3.8, 4) is 0 Å². The highest BCUT2D eigenvalue weighted by molar-refractivity contribution is 5.80. The molecule has 1 aromatic carbocycles. The Balaban J connectivity index is 1.77. The van der Waals surface area contributed by atoms with Crippen LogP contribution in [0, 0.1) is 5.92 Å². The maximum atomic E-state index is 5.77. The Hall–Kier alpha value is -1.71. The Labute approximate surface area is 107 Å². The van der Waals surface area contributed by atoms with Crippen molar-refractivity contribution in [3.63, 3.8) is 0 Å². The van der Waals surface area contributed by atoms with Gasteiger partial charge in [-0.25, -0.2) is 4.98 Å². The van der Waals surface area contributed by atoms with Crippen molar-refractivity contribution in [1.29, 1.82) is 0 Å². The van der Waals surface area contributed by atoms with E-state index in [4.69, 9.17) is 5.73 Å². The minimum atomic E-state index is 0.477. The van der Waals surface area contributed by atoms with Crippen molar-refractivity contribution < 1.29 is 0 Å². The van der Waals surface area contributed by atoms with Crippen LogP contribution in [0.1, 0.15) is 32.6 Å². The first-order valence-corrected chi connectivity index (χ1v) is 6.74. The molecule has 0 aliphatic heterocycles. The SMILES string of the molecule is CC(Nc1nc2ccc(N)cc2[nH]1)C1CCCC1. The molecule has 2 aromatic rings. The number of nitrogens with one attached hydrogen (secondary N) is 2. The number of nitrogens with zero attached hydrogens (tertiary/aromatic N) is 1. The quantitative estimate of drug-likeness (QED) is 0.727. The maximum absolute atomic E-state index is 5.77. The van der Waals surface area contributed by atoms with Crippen LogP contribution in [0.5, 0.6) is 0 Å². The van der Waals surface area contributed by atoms with Gasteiger partial charge in [0.25, 0.3) is 0 Å². The molecule has 1 aromatic heterocycles. The lowest BCUT2D eigenvalue weighted by molar-refractivity contribution is 0.480. The number of fused-ring (bicyclic) bond motifs is 1. The van der Waals surface area contributed by atoms with Crippen molar-refractivity contribution in [2.75, 3.05) is 11.1 Å². The number of rotatable bonds is 3. The van der Waals surface area contributed by atoms with E-state index in [1.54, 1.807) is 0 Å². The molecular weight excluding hydrogens is 224 g/mol. The summed E-state index contributed by atoms with van der Waals surface area (Å²) in [5.74, 6) is 1.64. The zero-order valence-corrected chi connectivity index (χ0v) is 10.7. The van der Waals surface area contributed by atoms with Crippen LogP contribution in [0.15, 0.2) is 18.2 Å². The van der Waals surface area contributed by atoms with Gasteiger partial charge in [0.05, 0.1) is 11.0 Å². The third-order valence-electron chi connectivity index (χ3n) is 3.98. The van der Waals surface area contributed by atoms with Gasteiger partial charge in [-0.15, -0.1) is 0 Å². The lowest BCUT2D eigenvalue weighted by Gasteiger charge is -2.19. The second-order valence-electron chi connectivity index (χ2n) is 5.34. The average molecular weight is 244 g/mol. The summed E-state index contributed by atoms with van der Waals surface area (Å²) in [6, 6.07) is 6.23. The molecule has 1 aliphatic carbocycles. The van der Waals surface area contributed by atoms with Crippen LogP contribution in [0.25, 0.3) is 11.0 Å². The van der Waals surface area contributed by atoms with E-state index >= 15 is 0 Å². The largest absolute Gasteiger partial charge is 0.399 e. The highest BCUT2D eigenvalue weighted by Gasteiger charge is 2.21. The molecule has 4 heteroatoms. The Morgan fingerprint density at radius 3 is 2.94 bits per heavy atom. The zero-order chi connectivity index (χ0) is 12.5. The Morgan fingerprint density at radius 2 is 2.17 bits per heavy atom. The van der Waals surface area contributed by atoms with Crippen molar-refractivity contribution in [3.05, 3.63) is 18.2 Å². The molecule has 1 saturated carbocycles. The number of imidazole rings is 1. The fourth-order valence-electron chi connectivity index (χ4n) is 2.89. The number of aromatic nitrogens is 2.